The first-order valence-corrected chi connectivity index (χ1v) is 10.8. The molecule has 0 aromatic carbocycles. The maximum Gasteiger partial charge on any atom is 0.552 e. The third kappa shape index (κ3) is 7.50. The first-order valence-electron chi connectivity index (χ1n) is 8.86. The van der Waals surface area contributed by atoms with Gasteiger partial charge in [0.05, 0.1) is 0 Å². The monoisotopic (exact) mass is 335 g/mol. The van der Waals surface area contributed by atoms with Crippen LogP contribution in [0.3, 0.4) is 0 Å². The lowest BCUT2D eigenvalue weighted by atomic mass is 10.6. The van der Waals surface area contributed by atoms with Crippen LogP contribution in [0.15, 0.2) is 0 Å². The Hall–Kier alpha value is -0.0231. The van der Waals surface area contributed by atoms with Gasteiger partial charge in [0, 0.05) is 45.3 Å². The normalized spacial score (nSPS) is 12.8. The molecule has 0 spiro atoms. The molecule has 0 fully saturated rings. The van der Waals surface area contributed by atoms with Crippen molar-refractivity contribution in [3.05, 3.63) is 0 Å². The van der Waals surface area contributed by atoms with Crippen LogP contribution in [-0.2, 0) is 13.6 Å². The second-order valence-electron chi connectivity index (χ2n) is 5.05. The lowest BCUT2D eigenvalue weighted by Crippen LogP contribution is -2.57. The Morgan fingerprint density at radius 2 is 0.818 bits per heavy atom. The third-order valence-corrected chi connectivity index (χ3v) is 6.20. The Kier molecular flexibility index (Phi) is 12.4. The zero-order valence-corrected chi connectivity index (χ0v) is 16.7. The number of rotatable bonds is 14. The van der Waals surface area contributed by atoms with E-state index in [1.807, 2.05) is 15.2 Å². The Balaban J connectivity index is 5.30. The summed E-state index contributed by atoms with van der Waals surface area (Å²) in [6, 6.07) is 0.802. The minimum Gasteiger partial charge on any atom is -0.284 e. The number of hydroxylamine groups is 6. The molecule has 0 unspecified atom stereocenters. The molecule has 22 heavy (non-hydrogen) atoms. The van der Waals surface area contributed by atoms with E-state index in [1.165, 1.54) is 0 Å². The lowest BCUT2D eigenvalue weighted by molar-refractivity contribution is -0.223. The topological polar surface area (TPSA) is 37.4 Å². The molecule has 6 nitrogen and oxygen atoms in total. The summed E-state index contributed by atoms with van der Waals surface area (Å²) in [6.07, 6.45) is 0.968. The van der Waals surface area contributed by atoms with Crippen molar-refractivity contribution in [2.45, 2.75) is 60.9 Å². The van der Waals surface area contributed by atoms with E-state index >= 15 is 0 Å². The van der Waals surface area contributed by atoms with Gasteiger partial charge in [0.2, 0.25) is 0 Å². The minimum absolute atomic E-state index is 0.802. The third-order valence-electron chi connectivity index (χ3n) is 3.48. The highest BCUT2D eigenvalue weighted by Gasteiger charge is 2.47. The summed E-state index contributed by atoms with van der Waals surface area (Å²) in [5.41, 5.74) is 0. The minimum atomic E-state index is -2.83. The van der Waals surface area contributed by atoms with E-state index in [0.29, 0.717) is 0 Å². The molecule has 0 aromatic heterocycles. The average molecular weight is 336 g/mol. The predicted octanol–water partition coefficient (Wildman–Crippen LogP) is 3.16. The molecule has 0 amide bonds. The van der Waals surface area contributed by atoms with Gasteiger partial charge in [-0.05, 0) is 0 Å². The highest BCUT2D eigenvalue weighted by atomic mass is 28.4. The van der Waals surface area contributed by atoms with Crippen LogP contribution in [0, 0.1) is 0 Å². The largest absolute Gasteiger partial charge is 0.552 e. The summed E-state index contributed by atoms with van der Waals surface area (Å²) >= 11 is 0. The van der Waals surface area contributed by atoms with E-state index in [9.17, 15) is 0 Å². The number of nitrogens with zero attached hydrogens (tertiary/aromatic N) is 3. The average Bonchev–Trinajstić information content (AvgIpc) is 2.55. The molecule has 0 heterocycles. The maximum absolute atomic E-state index is 6.29. The van der Waals surface area contributed by atoms with Crippen molar-refractivity contribution in [1.82, 2.24) is 15.2 Å². The van der Waals surface area contributed by atoms with Crippen LogP contribution in [0.5, 0.6) is 0 Å². The fraction of sp³-hybridized carbons (Fsp3) is 1.00. The van der Waals surface area contributed by atoms with Crippen molar-refractivity contribution in [1.29, 1.82) is 0 Å². The molecule has 0 saturated carbocycles. The van der Waals surface area contributed by atoms with Crippen LogP contribution >= 0.6 is 0 Å². The molecule has 0 N–H and O–H groups in total. The van der Waals surface area contributed by atoms with Gasteiger partial charge in [-0.2, -0.15) is 15.2 Å². The van der Waals surface area contributed by atoms with Gasteiger partial charge in [-0.3, -0.25) is 13.6 Å². The van der Waals surface area contributed by atoms with Crippen LogP contribution in [0.4, 0.5) is 0 Å². The molecule has 0 atom stereocenters. The molecule has 0 aliphatic carbocycles. The van der Waals surface area contributed by atoms with Gasteiger partial charge in [0.15, 0.2) is 0 Å². The molecule has 0 aliphatic heterocycles. The number of hydrogen-bond acceptors (Lipinski definition) is 6. The second kappa shape index (κ2) is 12.4. The highest BCUT2D eigenvalue weighted by molar-refractivity contribution is 6.60. The molecule has 0 bridgehead atoms. The molecule has 0 aromatic rings. The van der Waals surface area contributed by atoms with E-state index in [4.69, 9.17) is 13.6 Å². The molecule has 0 radical (unpaired) electrons. The van der Waals surface area contributed by atoms with Crippen molar-refractivity contribution in [2.24, 2.45) is 0 Å². The lowest BCUT2D eigenvalue weighted by Gasteiger charge is -2.38. The Labute approximate surface area is 138 Å². The maximum atomic E-state index is 6.29. The van der Waals surface area contributed by atoms with Gasteiger partial charge in [0.1, 0.15) is 0 Å². The van der Waals surface area contributed by atoms with Gasteiger partial charge in [0.25, 0.3) is 0 Å². The number of hydrogen-bond donors (Lipinski definition) is 0. The highest BCUT2D eigenvalue weighted by Crippen LogP contribution is 2.22. The molecule has 0 rings (SSSR count). The second-order valence-corrected chi connectivity index (χ2v) is 7.46. The first-order chi connectivity index (χ1) is 10.5. The van der Waals surface area contributed by atoms with Gasteiger partial charge in [-0.1, -0.05) is 54.9 Å². The van der Waals surface area contributed by atoms with Crippen molar-refractivity contribution in [3.8, 4) is 0 Å². The van der Waals surface area contributed by atoms with Crippen LogP contribution in [0.25, 0.3) is 0 Å². The smallest absolute Gasteiger partial charge is 0.284 e. The summed E-state index contributed by atoms with van der Waals surface area (Å²) in [7, 11) is -2.83. The van der Waals surface area contributed by atoms with Crippen LogP contribution in [0.1, 0.15) is 54.9 Å². The summed E-state index contributed by atoms with van der Waals surface area (Å²) in [5.74, 6) is 0. The van der Waals surface area contributed by atoms with Crippen LogP contribution in [-0.4, -0.2) is 63.3 Å². The predicted molar refractivity (Wildman–Crippen MR) is 92.9 cm³/mol. The zero-order chi connectivity index (χ0) is 17.0. The molecule has 0 saturated heterocycles. The summed E-state index contributed by atoms with van der Waals surface area (Å²) < 4.78 is 18.9. The van der Waals surface area contributed by atoms with Crippen LogP contribution < -0.4 is 0 Å². The molecular formula is C15H37N3O3Si. The van der Waals surface area contributed by atoms with E-state index in [-0.39, 0.29) is 0 Å². The zero-order valence-electron chi connectivity index (χ0n) is 15.7. The molecular weight excluding hydrogens is 298 g/mol. The SMILES string of the molecule is CCC[Si](ON(CC)CC)(ON(CC)CC)ON(CC)CC. The summed E-state index contributed by atoms with van der Waals surface area (Å²) in [5, 5.41) is 5.82. The molecule has 134 valence electrons. The first kappa shape index (κ1) is 22.0. The van der Waals surface area contributed by atoms with Gasteiger partial charge in [-0.15, -0.1) is 0 Å². The fourth-order valence-electron chi connectivity index (χ4n) is 2.14. The van der Waals surface area contributed by atoms with Gasteiger partial charge < -0.3 is 0 Å². The van der Waals surface area contributed by atoms with Gasteiger partial charge in [-0.25, -0.2) is 0 Å². The summed E-state index contributed by atoms with van der Waals surface area (Å²) in [6.45, 7) is 19.6. The van der Waals surface area contributed by atoms with Gasteiger partial charge >= 0.3 is 8.80 Å². The Morgan fingerprint density at radius 1 is 0.545 bits per heavy atom. The van der Waals surface area contributed by atoms with Crippen molar-refractivity contribution in [2.75, 3.05) is 39.3 Å². The Bertz CT molecular complexity index is 224. The van der Waals surface area contributed by atoms with Crippen molar-refractivity contribution >= 4 is 8.80 Å². The van der Waals surface area contributed by atoms with Crippen LogP contribution in [0.2, 0.25) is 6.04 Å². The van der Waals surface area contributed by atoms with E-state index in [2.05, 4.69) is 48.5 Å². The van der Waals surface area contributed by atoms with E-state index in [1.54, 1.807) is 0 Å². The van der Waals surface area contributed by atoms with E-state index in [0.717, 1.165) is 51.7 Å². The van der Waals surface area contributed by atoms with Crippen molar-refractivity contribution < 1.29 is 13.6 Å². The standard InChI is InChI=1S/C15H37N3O3Si/c1-8-15-22(19-16(9-2)10-3,20-17(11-4)12-5)21-18(13-6)14-7/h8-15H2,1-7H3. The quantitative estimate of drug-likeness (QED) is 0.358. The molecule has 0 aliphatic rings. The Morgan fingerprint density at radius 3 is 1.00 bits per heavy atom. The fourth-order valence-corrected chi connectivity index (χ4v) is 5.08. The molecule has 7 heteroatoms. The summed E-state index contributed by atoms with van der Waals surface area (Å²) in [4.78, 5) is 0. The van der Waals surface area contributed by atoms with Crippen molar-refractivity contribution in [3.63, 3.8) is 0 Å². The van der Waals surface area contributed by atoms with E-state index < -0.39 is 8.80 Å².